The molecule has 0 saturated carbocycles. The van der Waals surface area contributed by atoms with Gasteiger partial charge in [0.1, 0.15) is 0 Å². The van der Waals surface area contributed by atoms with Crippen LogP contribution < -0.4 is 0 Å². The van der Waals surface area contributed by atoms with Gasteiger partial charge in [0.2, 0.25) is 0 Å². The van der Waals surface area contributed by atoms with Crippen molar-refractivity contribution >= 4 is 5.97 Å². The molecule has 1 atom stereocenters. The number of carboxylic acid groups (broad SMARTS) is 1. The van der Waals surface area contributed by atoms with Crippen LogP contribution in [-0.2, 0) is 4.79 Å². The molecule has 0 aromatic carbocycles. The Morgan fingerprint density at radius 1 is 1.15 bits per heavy atom. The smallest absolute Gasteiger partial charge is 0.377 e. The zero-order valence-electron chi connectivity index (χ0n) is 7.51. The third-order valence-electron chi connectivity index (χ3n) is 2.07. The van der Waals surface area contributed by atoms with Crippen LogP contribution in [0.4, 0.5) is 8.78 Å². The van der Waals surface area contributed by atoms with Crippen LogP contribution in [0.2, 0.25) is 0 Å². The van der Waals surface area contributed by atoms with Crippen molar-refractivity contribution in [2.24, 2.45) is 0 Å². The first-order chi connectivity index (χ1) is 5.44. The molecule has 0 radical (unpaired) electrons. The maximum absolute atomic E-state index is 12.8. The predicted molar refractivity (Wildman–Crippen MR) is 39.5 cm³/mol. The summed E-state index contributed by atoms with van der Waals surface area (Å²) in [6, 6.07) is 0. The van der Waals surface area contributed by atoms with E-state index in [0.717, 1.165) is 13.8 Å². The normalized spacial score (nSPS) is 18.1. The number of alkyl halides is 2. The van der Waals surface area contributed by atoms with Gasteiger partial charge in [0.25, 0.3) is 0 Å². The Kier molecular flexibility index (Phi) is 2.72. The van der Waals surface area contributed by atoms with Gasteiger partial charge < -0.3 is 15.3 Å². The molecule has 3 N–H and O–H groups in total. The van der Waals surface area contributed by atoms with Gasteiger partial charge in [0, 0.05) is 0 Å². The molecule has 0 rings (SSSR count). The molecule has 0 aromatic rings. The first kappa shape index (κ1) is 12.2. The summed E-state index contributed by atoms with van der Waals surface area (Å²) in [7, 11) is 0. The molecule has 0 saturated heterocycles. The van der Waals surface area contributed by atoms with Crippen molar-refractivity contribution in [3.05, 3.63) is 0 Å². The Balaban J connectivity index is 5.16. The first-order valence-electron chi connectivity index (χ1n) is 3.50. The van der Waals surface area contributed by atoms with E-state index in [4.69, 9.17) is 15.3 Å². The van der Waals surface area contributed by atoms with E-state index in [2.05, 4.69) is 0 Å². The Bertz CT molecular complexity index is 217. The van der Waals surface area contributed by atoms with Gasteiger partial charge in [0.05, 0.1) is 5.60 Å². The highest BCUT2D eigenvalue weighted by Gasteiger charge is 2.62. The van der Waals surface area contributed by atoms with Crippen LogP contribution in [0.25, 0.3) is 0 Å². The second-order valence-electron chi connectivity index (χ2n) is 3.51. The number of rotatable bonds is 3. The molecule has 0 aliphatic heterocycles. The molecule has 0 spiro atoms. The van der Waals surface area contributed by atoms with E-state index in [-0.39, 0.29) is 0 Å². The highest BCUT2D eigenvalue weighted by Crippen LogP contribution is 2.37. The van der Waals surface area contributed by atoms with Crippen LogP contribution >= 0.6 is 0 Å². The Hall–Kier alpha value is -0.750. The molecule has 0 aromatic heterocycles. The summed E-state index contributed by atoms with van der Waals surface area (Å²) in [5, 5.41) is 26.4. The summed E-state index contributed by atoms with van der Waals surface area (Å²) in [5.41, 5.74) is -5.24. The number of carbonyl (C=O) groups is 1. The number of hydrogen-bond donors (Lipinski definition) is 3. The maximum Gasteiger partial charge on any atom is 0.377 e. The van der Waals surface area contributed by atoms with Gasteiger partial charge >= 0.3 is 11.9 Å². The summed E-state index contributed by atoms with van der Waals surface area (Å²) < 4.78 is 25.6. The minimum Gasteiger partial charge on any atom is -0.477 e. The molecule has 13 heavy (non-hydrogen) atoms. The van der Waals surface area contributed by atoms with Crippen molar-refractivity contribution < 1.29 is 28.9 Å². The first-order valence-corrected chi connectivity index (χ1v) is 3.50. The van der Waals surface area contributed by atoms with E-state index in [1.807, 2.05) is 0 Å². The second-order valence-corrected chi connectivity index (χ2v) is 3.51. The van der Waals surface area contributed by atoms with Gasteiger partial charge in [-0.2, -0.15) is 8.78 Å². The van der Waals surface area contributed by atoms with E-state index >= 15 is 0 Å². The number of aliphatic hydroxyl groups is 2. The van der Waals surface area contributed by atoms with Gasteiger partial charge in [-0.05, 0) is 20.8 Å². The van der Waals surface area contributed by atoms with Gasteiger partial charge in [-0.3, -0.25) is 0 Å². The molecular formula is C7H12F2O4. The SMILES string of the molecule is CC(C)(O)C(C)(O)C(F)(F)C(=O)O. The Labute approximate surface area is 73.8 Å². The molecule has 78 valence electrons. The Morgan fingerprint density at radius 2 is 1.46 bits per heavy atom. The molecular weight excluding hydrogens is 186 g/mol. The van der Waals surface area contributed by atoms with E-state index in [1.165, 1.54) is 0 Å². The summed E-state index contributed by atoms with van der Waals surface area (Å²) in [5.74, 6) is -6.87. The number of aliphatic carboxylic acids is 1. The molecule has 1 unspecified atom stereocenters. The van der Waals surface area contributed by atoms with E-state index in [0.29, 0.717) is 6.92 Å². The van der Waals surface area contributed by atoms with E-state index in [1.54, 1.807) is 0 Å². The average Bonchev–Trinajstić information content (AvgIpc) is 1.84. The molecule has 0 bridgehead atoms. The maximum atomic E-state index is 12.8. The Morgan fingerprint density at radius 3 is 1.54 bits per heavy atom. The van der Waals surface area contributed by atoms with E-state index in [9.17, 15) is 13.6 Å². The molecule has 0 amide bonds. The minimum absolute atomic E-state index is 0.571. The average molecular weight is 198 g/mol. The molecule has 0 aliphatic rings. The fraction of sp³-hybridized carbons (Fsp3) is 0.857. The van der Waals surface area contributed by atoms with Crippen molar-refractivity contribution in [2.45, 2.75) is 37.9 Å². The molecule has 0 heterocycles. The fourth-order valence-corrected chi connectivity index (χ4v) is 0.592. The van der Waals surface area contributed by atoms with Gasteiger partial charge in [-0.1, -0.05) is 0 Å². The summed E-state index contributed by atoms with van der Waals surface area (Å²) in [4.78, 5) is 10.1. The van der Waals surface area contributed by atoms with E-state index < -0.39 is 23.1 Å². The van der Waals surface area contributed by atoms with Crippen molar-refractivity contribution in [1.29, 1.82) is 0 Å². The minimum atomic E-state index is -4.40. The van der Waals surface area contributed by atoms with Crippen LogP contribution in [0.15, 0.2) is 0 Å². The lowest BCUT2D eigenvalue weighted by Crippen LogP contribution is -2.62. The molecule has 0 aliphatic carbocycles. The quantitative estimate of drug-likeness (QED) is 0.606. The highest BCUT2D eigenvalue weighted by molar-refractivity contribution is 5.77. The molecule has 0 fully saturated rings. The summed E-state index contributed by atoms with van der Waals surface area (Å²) in [6.45, 7) is 2.38. The van der Waals surface area contributed by atoms with Crippen LogP contribution in [0.1, 0.15) is 20.8 Å². The zero-order chi connectivity index (χ0) is 11.1. The molecule has 6 heteroatoms. The second kappa shape index (κ2) is 2.88. The highest BCUT2D eigenvalue weighted by atomic mass is 19.3. The predicted octanol–water partition coefficient (Wildman–Crippen LogP) is 0.228. The lowest BCUT2D eigenvalue weighted by atomic mass is 9.82. The van der Waals surface area contributed by atoms with Crippen LogP contribution in [-0.4, -0.2) is 38.4 Å². The largest absolute Gasteiger partial charge is 0.477 e. The lowest BCUT2D eigenvalue weighted by Gasteiger charge is -2.38. The van der Waals surface area contributed by atoms with Crippen molar-refractivity contribution in [1.82, 2.24) is 0 Å². The topological polar surface area (TPSA) is 77.8 Å². The monoisotopic (exact) mass is 198 g/mol. The summed E-state index contributed by atoms with van der Waals surface area (Å²) in [6.07, 6.45) is 0. The third kappa shape index (κ3) is 1.78. The van der Waals surface area contributed by atoms with Crippen LogP contribution in [0, 0.1) is 0 Å². The molecule has 4 nitrogen and oxygen atoms in total. The zero-order valence-corrected chi connectivity index (χ0v) is 7.51. The van der Waals surface area contributed by atoms with Crippen LogP contribution in [0.3, 0.4) is 0 Å². The van der Waals surface area contributed by atoms with Gasteiger partial charge in [-0.15, -0.1) is 0 Å². The standard InChI is InChI=1S/C7H12F2O4/c1-5(2,12)6(3,13)7(8,9)4(10)11/h12-13H,1-3H3,(H,10,11). The third-order valence-corrected chi connectivity index (χ3v) is 2.07. The fourth-order valence-electron chi connectivity index (χ4n) is 0.592. The number of carboxylic acids is 1. The van der Waals surface area contributed by atoms with Gasteiger partial charge in [-0.25, -0.2) is 4.79 Å². The van der Waals surface area contributed by atoms with Crippen molar-refractivity contribution in [2.75, 3.05) is 0 Å². The lowest BCUT2D eigenvalue weighted by molar-refractivity contribution is -0.249. The van der Waals surface area contributed by atoms with Crippen LogP contribution in [0.5, 0.6) is 0 Å². The summed E-state index contributed by atoms with van der Waals surface area (Å²) >= 11 is 0. The van der Waals surface area contributed by atoms with Crippen molar-refractivity contribution in [3.8, 4) is 0 Å². The van der Waals surface area contributed by atoms with Crippen molar-refractivity contribution in [3.63, 3.8) is 0 Å². The van der Waals surface area contributed by atoms with Gasteiger partial charge in [0.15, 0.2) is 5.60 Å². The number of hydrogen-bond acceptors (Lipinski definition) is 3. The number of halogens is 2.